The van der Waals surface area contributed by atoms with Gasteiger partial charge in [-0.3, -0.25) is 9.69 Å². The Morgan fingerprint density at radius 2 is 1.96 bits per heavy atom. The topological polar surface area (TPSA) is 58.6 Å². The lowest BCUT2D eigenvalue weighted by molar-refractivity contribution is -0.131. The average Bonchev–Trinajstić information content (AvgIpc) is 2.80. The highest BCUT2D eigenvalue weighted by Gasteiger charge is 2.49. The Bertz CT molecular complexity index is 874. The number of imide groups is 1. The SMILES string of the molecule is Cc1ccccc1OCCN1C(=O)NC(C)(c2ccc(F)cc2Cl)C1=O. The third kappa shape index (κ3) is 3.24. The predicted octanol–water partition coefficient (Wildman–Crippen LogP) is 3.63. The first kappa shape index (κ1) is 18.2. The molecular weight excluding hydrogens is 359 g/mol. The molecule has 0 radical (unpaired) electrons. The van der Waals surface area contributed by atoms with Gasteiger partial charge in [0.15, 0.2) is 0 Å². The third-order valence-corrected chi connectivity index (χ3v) is 4.72. The number of carbonyl (C=O) groups excluding carboxylic acids is 2. The van der Waals surface area contributed by atoms with Crippen LogP contribution in [0.2, 0.25) is 5.02 Å². The number of ether oxygens (including phenoxy) is 1. The Kier molecular flexibility index (Phi) is 4.87. The molecule has 0 saturated carbocycles. The van der Waals surface area contributed by atoms with Crippen molar-refractivity contribution in [3.63, 3.8) is 0 Å². The molecule has 3 rings (SSSR count). The number of urea groups is 1. The predicted molar refractivity (Wildman–Crippen MR) is 95.7 cm³/mol. The number of halogens is 2. The molecule has 1 atom stereocenters. The van der Waals surface area contributed by atoms with Crippen molar-refractivity contribution in [2.75, 3.05) is 13.2 Å². The van der Waals surface area contributed by atoms with Crippen LogP contribution in [0.1, 0.15) is 18.1 Å². The summed E-state index contributed by atoms with van der Waals surface area (Å²) >= 11 is 6.08. The summed E-state index contributed by atoms with van der Waals surface area (Å²) in [7, 11) is 0. The van der Waals surface area contributed by atoms with Gasteiger partial charge in [0, 0.05) is 10.6 Å². The first-order valence-corrected chi connectivity index (χ1v) is 8.49. The summed E-state index contributed by atoms with van der Waals surface area (Å²) < 4.78 is 18.9. The van der Waals surface area contributed by atoms with Gasteiger partial charge in [-0.25, -0.2) is 9.18 Å². The molecular formula is C19H18ClFN2O3. The van der Waals surface area contributed by atoms with Crippen LogP contribution in [0.5, 0.6) is 5.75 Å². The smallest absolute Gasteiger partial charge is 0.325 e. The summed E-state index contributed by atoms with van der Waals surface area (Å²) in [6, 6.07) is 10.7. The van der Waals surface area contributed by atoms with Crippen molar-refractivity contribution in [3.05, 3.63) is 64.4 Å². The van der Waals surface area contributed by atoms with Gasteiger partial charge in [-0.05, 0) is 37.6 Å². The minimum Gasteiger partial charge on any atom is -0.491 e. The van der Waals surface area contributed by atoms with Gasteiger partial charge < -0.3 is 10.1 Å². The molecule has 0 aliphatic carbocycles. The molecule has 2 aromatic rings. The molecule has 3 amide bonds. The van der Waals surface area contributed by atoms with Crippen molar-refractivity contribution in [1.29, 1.82) is 0 Å². The summed E-state index contributed by atoms with van der Waals surface area (Å²) in [5.74, 6) is -0.268. The van der Waals surface area contributed by atoms with Gasteiger partial charge in [0.25, 0.3) is 5.91 Å². The zero-order valence-electron chi connectivity index (χ0n) is 14.4. The van der Waals surface area contributed by atoms with Gasteiger partial charge in [0.2, 0.25) is 0 Å². The number of hydrogen-bond acceptors (Lipinski definition) is 3. The second-order valence-electron chi connectivity index (χ2n) is 6.25. The maximum absolute atomic E-state index is 13.3. The Morgan fingerprint density at radius 3 is 2.65 bits per heavy atom. The van der Waals surface area contributed by atoms with Crippen molar-refractivity contribution in [3.8, 4) is 5.75 Å². The molecule has 1 N–H and O–H groups in total. The van der Waals surface area contributed by atoms with Gasteiger partial charge >= 0.3 is 6.03 Å². The number of para-hydroxylation sites is 1. The Balaban J connectivity index is 1.73. The molecule has 1 saturated heterocycles. The average molecular weight is 377 g/mol. The van der Waals surface area contributed by atoms with Crippen molar-refractivity contribution < 1.29 is 18.7 Å². The molecule has 1 unspecified atom stereocenters. The van der Waals surface area contributed by atoms with Gasteiger partial charge in [0.1, 0.15) is 23.7 Å². The maximum Gasteiger partial charge on any atom is 0.325 e. The molecule has 1 heterocycles. The van der Waals surface area contributed by atoms with E-state index in [-0.39, 0.29) is 18.2 Å². The van der Waals surface area contributed by atoms with Crippen LogP contribution in [-0.4, -0.2) is 30.0 Å². The molecule has 26 heavy (non-hydrogen) atoms. The lowest BCUT2D eigenvalue weighted by Gasteiger charge is -2.23. The van der Waals surface area contributed by atoms with E-state index in [1.54, 1.807) is 6.92 Å². The molecule has 1 aliphatic heterocycles. The number of benzene rings is 2. The van der Waals surface area contributed by atoms with E-state index in [0.717, 1.165) is 16.5 Å². The zero-order chi connectivity index (χ0) is 18.9. The molecule has 7 heteroatoms. The van der Waals surface area contributed by atoms with E-state index in [9.17, 15) is 14.0 Å². The van der Waals surface area contributed by atoms with Gasteiger partial charge in [-0.2, -0.15) is 0 Å². The number of nitrogens with one attached hydrogen (secondary N) is 1. The largest absolute Gasteiger partial charge is 0.491 e. The van der Waals surface area contributed by atoms with Crippen molar-refractivity contribution in [1.82, 2.24) is 10.2 Å². The number of aryl methyl sites for hydroxylation is 1. The summed E-state index contributed by atoms with van der Waals surface area (Å²) in [5, 5.41) is 2.72. The highest BCUT2D eigenvalue weighted by Crippen LogP contribution is 2.33. The van der Waals surface area contributed by atoms with E-state index in [4.69, 9.17) is 16.3 Å². The molecule has 136 valence electrons. The normalized spacial score (nSPS) is 19.6. The van der Waals surface area contributed by atoms with Crippen LogP contribution < -0.4 is 10.1 Å². The van der Waals surface area contributed by atoms with E-state index in [1.165, 1.54) is 12.1 Å². The van der Waals surface area contributed by atoms with Crippen molar-refractivity contribution in [2.24, 2.45) is 0 Å². The number of carbonyl (C=O) groups is 2. The van der Waals surface area contributed by atoms with Gasteiger partial charge in [-0.15, -0.1) is 0 Å². The lowest BCUT2D eigenvalue weighted by atomic mass is 9.92. The number of nitrogens with zero attached hydrogens (tertiary/aromatic N) is 1. The molecule has 0 spiro atoms. The standard InChI is InChI=1S/C19H18ClFN2O3/c1-12-5-3-4-6-16(12)26-10-9-23-17(24)19(2,22-18(23)25)14-8-7-13(21)11-15(14)20/h3-8,11H,9-10H2,1-2H3,(H,22,25). The zero-order valence-corrected chi connectivity index (χ0v) is 15.1. The van der Waals surface area contributed by atoms with E-state index in [2.05, 4.69) is 5.32 Å². The van der Waals surface area contributed by atoms with Crippen LogP contribution in [0.15, 0.2) is 42.5 Å². The second kappa shape index (κ2) is 6.96. The Hall–Kier alpha value is -2.60. The highest BCUT2D eigenvalue weighted by molar-refractivity contribution is 6.32. The van der Waals surface area contributed by atoms with Gasteiger partial charge in [0.05, 0.1) is 6.54 Å². The second-order valence-corrected chi connectivity index (χ2v) is 6.66. The summed E-state index contributed by atoms with van der Waals surface area (Å²) in [6.45, 7) is 3.72. The van der Waals surface area contributed by atoms with E-state index in [1.807, 2.05) is 31.2 Å². The van der Waals surface area contributed by atoms with Gasteiger partial charge in [-0.1, -0.05) is 35.9 Å². The lowest BCUT2D eigenvalue weighted by Crippen LogP contribution is -2.41. The summed E-state index contributed by atoms with van der Waals surface area (Å²) in [5.41, 5.74) is -0.0290. The molecule has 2 aromatic carbocycles. The minimum atomic E-state index is -1.34. The monoisotopic (exact) mass is 376 g/mol. The first-order valence-electron chi connectivity index (χ1n) is 8.11. The Labute approximate surface area is 155 Å². The molecule has 5 nitrogen and oxygen atoms in total. The van der Waals surface area contributed by atoms with Crippen LogP contribution in [0.25, 0.3) is 0 Å². The van der Waals surface area contributed by atoms with Crippen molar-refractivity contribution in [2.45, 2.75) is 19.4 Å². The first-order chi connectivity index (χ1) is 12.3. The third-order valence-electron chi connectivity index (χ3n) is 4.41. The fourth-order valence-corrected chi connectivity index (χ4v) is 3.30. The van der Waals surface area contributed by atoms with Crippen LogP contribution in [0.3, 0.4) is 0 Å². The number of hydrogen-bond donors (Lipinski definition) is 1. The van der Waals surface area contributed by atoms with E-state index < -0.39 is 23.3 Å². The summed E-state index contributed by atoms with van der Waals surface area (Å²) in [6.07, 6.45) is 0. The fraction of sp³-hybridized carbons (Fsp3) is 0.263. The fourth-order valence-electron chi connectivity index (χ4n) is 2.94. The number of rotatable bonds is 5. The van der Waals surface area contributed by atoms with Crippen LogP contribution in [-0.2, 0) is 10.3 Å². The Morgan fingerprint density at radius 1 is 1.23 bits per heavy atom. The van der Waals surface area contributed by atoms with Crippen LogP contribution in [0.4, 0.5) is 9.18 Å². The van der Waals surface area contributed by atoms with Crippen LogP contribution in [0, 0.1) is 12.7 Å². The van der Waals surface area contributed by atoms with E-state index >= 15 is 0 Å². The molecule has 0 aromatic heterocycles. The minimum absolute atomic E-state index is 0.0826. The summed E-state index contributed by atoms with van der Waals surface area (Å²) in [4.78, 5) is 26.2. The quantitative estimate of drug-likeness (QED) is 0.810. The van der Waals surface area contributed by atoms with Crippen LogP contribution >= 0.6 is 11.6 Å². The number of amides is 3. The molecule has 1 fully saturated rings. The highest BCUT2D eigenvalue weighted by atomic mass is 35.5. The van der Waals surface area contributed by atoms with Crippen molar-refractivity contribution >= 4 is 23.5 Å². The van der Waals surface area contributed by atoms with E-state index in [0.29, 0.717) is 11.3 Å². The maximum atomic E-state index is 13.3. The molecule has 1 aliphatic rings. The molecule has 0 bridgehead atoms.